The highest BCUT2D eigenvalue weighted by molar-refractivity contribution is 9.10. The number of nitrogens with zero attached hydrogens (tertiary/aromatic N) is 2. The van der Waals surface area contributed by atoms with Crippen LogP contribution in [-0.2, 0) is 21.4 Å². The van der Waals surface area contributed by atoms with E-state index in [0.29, 0.717) is 17.9 Å². The Morgan fingerprint density at radius 1 is 1.03 bits per heavy atom. The third kappa shape index (κ3) is 6.98. The maximum absolute atomic E-state index is 13.2. The molecule has 3 aromatic carbocycles. The number of ether oxygens (including phenoxy) is 1. The van der Waals surface area contributed by atoms with Gasteiger partial charge in [-0.1, -0.05) is 58.4 Å². The lowest BCUT2D eigenvalue weighted by molar-refractivity contribution is -0.121. The molecule has 0 fully saturated rings. The number of halogens is 1. The van der Waals surface area contributed by atoms with Gasteiger partial charge < -0.3 is 4.74 Å². The van der Waals surface area contributed by atoms with Crippen molar-refractivity contribution in [1.82, 2.24) is 9.73 Å². The van der Waals surface area contributed by atoms with Gasteiger partial charge in [0.25, 0.3) is 5.91 Å². The molecule has 0 aliphatic rings. The molecular formula is C24H24BrN3O4S. The summed E-state index contributed by atoms with van der Waals surface area (Å²) >= 11 is 3.37. The molecule has 0 atom stereocenters. The van der Waals surface area contributed by atoms with Crippen molar-refractivity contribution in [2.75, 3.05) is 13.2 Å². The van der Waals surface area contributed by atoms with Gasteiger partial charge in [0.2, 0.25) is 10.0 Å². The highest BCUT2D eigenvalue weighted by Crippen LogP contribution is 2.19. The minimum Gasteiger partial charge on any atom is -0.493 e. The Labute approximate surface area is 202 Å². The molecule has 0 saturated heterocycles. The maximum atomic E-state index is 13.2. The quantitative estimate of drug-likeness (QED) is 0.315. The predicted octanol–water partition coefficient (Wildman–Crippen LogP) is 4.19. The van der Waals surface area contributed by atoms with Gasteiger partial charge in [0.1, 0.15) is 5.75 Å². The number of hydrazone groups is 1. The van der Waals surface area contributed by atoms with Crippen LogP contribution in [0.25, 0.3) is 0 Å². The Morgan fingerprint density at radius 3 is 2.39 bits per heavy atom. The molecule has 0 radical (unpaired) electrons. The zero-order chi connectivity index (χ0) is 23.7. The Morgan fingerprint density at radius 2 is 1.70 bits per heavy atom. The van der Waals surface area contributed by atoms with E-state index >= 15 is 0 Å². The first-order valence-electron chi connectivity index (χ1n) is 10.2. The summed E-state index contributed by atoms with van der Waals surface area (Å²) in [6, 6.07) is 22.6. The van der Waals surface area contributed by atoms with Gasteiger partial charge in [0.15, 0.2) is 0 Å². The molecule has 0 aliphatic carbocycles. The molecule has 0 unspecified atom stereocenters. The van der Waals surface area contributed by atoms with E-state index in [4.69, 9.17) is 4.74 Å². The van der Waals surface area contributed by atoms with Gasteiger partial charge in [0.05, 0.1) is 24.3 Å². The number of nitrogens with one attached hydrogen (secondary N) is 1. The minimum absolute atomic E-state index is 0.0365. The van der Waals surface area contributed by atoms with Crippen molar-refractivity contribution < 1.29 is 17.9 Å². The number of carbonyl (C=O) groups is 1. The lowest BCUT2D eigenvalue weighted by Gasteiger charge is -2.21. The summed E-state index contributed by atoms with van der Waals surface area (Å²) in [4.78, 5) is 12.7. The first-order chi connectivity index (χ1) is 15.9. The van der Waals surface area contributed by atoms with Gasteiger partial charge in [-0.15, -0.1) is 0 Å². The third-order valence-corrected chi connectivity index (χ3v) is 6.92. The predicted molar refractivity (Wildman–Crippen MR) is 132 cm³/mol. The van der Waals surface area contributed by atoms with E-state index < -0.39 is 22.5 Å². The van der Waals surface area contributed by atoms with Gasteiger partial charge in [-0.25, -0.2) is 13.8 Å². The second-order valence-electron chi connectivity index (χ2n) is 6.98. The molecule has 1 N–H and O–H groups in total. The normalized spacial score (nSPS) is 11.6. The molecule has 172 valence electrons. The van der Waals surface area contributed by atoms with Crippen LogP contribution in [0.5, 0.6) is 5.75 Å². The summed E-state index contributed by atoms with van der Waals surface area (Å²) in [7, 11) is -3.91. The largest absolute Gasteiger partial charge is 0.493 e. The van der Waals surface area contributed by atoms with E-state index in [1.54, 1.807) is 42.5 Å². The summed E-state index contributed by atoms with van der Waals surface area (Å²) in [5, 5.41) is 3.98. The number of hydrogen-bond donors (Lipinski definition) is 1. The summed E-state index contributed by atoms with van der Waals surface area (Å²) in [6.45, 7) is 2.02. The average molecular weight is 530 g/mol. The zero-order valence-corrected chi connectivity index (χ0v) is 20.4. The molecule has 9 heteroatoms. The summed E-state index contributed by atoms with van der Waals surface area (Å²) in [5.41, 5.74) is 3.86. The summed E-state index contributed by atoms with van der Waals surface area (Å²) < 4.78 is 34.0. The minimum atomic E-state index is -3.91. The van der Waals surface area contributed by atoms with Gasteiger partial charge in [-0.3, -0.25) is 4.79 Å². The fraction of sp³-hybridized carbons (Fsp3) is 0.167. The maximum Gasteiger partial charge on any atom is 0.255 e. The zero-order valence-electron chi connectivity index (χ0n) is 18.0. The van der Waals surface area contributed by atoms with Crippen LogP contribution in [0.1, 0.15) is 18.1 Å². The van der Waals surface area contributed by atoms with Crippen LogP contribution in [0.15, 0.2) is 93.3 Å². The standard InChI is InChI=1S/C24H24BrN3O4S/c1-2-32-23-11-7-6-8-20(23)16-26-27-24(29)18-28(17-19-12-14-21(25)15-13-19)33(30,31)22-9-4-3-5-10-22/h3-16H,2,17-18H2,1H3,(H,27,29)/b26-16-. The van der Waals surface area contributed by atoms with Crippen molar-refractivity contribution in [3.05, 3.63) is 94.5 Å². The first-order valence-corrected chi connectivity index (χ1v) is 12.5. The molecule has 33 heavy (non-hydrogen) atoms. The molecule has 0 heterocycles. The Bertz CT molecular complexity index is 1200. The molecule has 0 aliphatic heterocycles. The van der Waals surface area contributed by atoms with Crippen LogP contribution in [0.3, 0.4) is 0 Å². The van der Waals surface area contributed by atoms with E-state index in [1.807, 2.05) is 31.2 Å². The van der Waals surface area contributed by atoms with E-state index in [0.717, 1.165) is 14.3 Å². The number of benzene rings is 3. The van der Waals surface area contributed by atoms with Crippen molar-refractivity contribution >= 4 is 38.1 Å². The summed E-state index contributed by atoms with van der Waals surface area (Å²) in [6.07, 6.45) is 1.47. The molecular weight excluding hydrogens is 506 g/mol. The highest BCUT2D eigenvalue weighted by atomic mass is 79.9. The van der Waals surface area contributed by atoms with Crippen LogP contribution in [0, 0.1) is 0 Å². The number of carbonyl (C=O) groups excluding carboxylic acids is 1. The van der Waals surface area contributed by atoms with E-state index in [-0.39, 0.29) is 11.4 Å². The fourth-order valence-corrected chi connectivity index (χ4v) is 4.67. The van der Waals surface area contributed by atoms with Crippen LogP contribution in [0.2, 0.25) is 0 Å². The van der Waals surface area contributed by atoms with Crippen molar-refractivity contribution in [2.24, 2.45) is 5.10 Å². The Kier molecular flexibility index (Phi) is 8.76. The number of para-hydroxylation sites is 1. The van der Waals surface area contributed by atoms with Gasteiger partial charge in [-0.05, 0) is 48.9 Å². The van der Waals surface area contributed by atoms with Crippen LogP contribution >= 0.6 is 15.9 Å². The van der Waals surface area contributed by atoms with Crippen molar-refractivity contribution in [3.8, 4) is 5.75 Å². The van der Waals surface area contributed by atoms with Crippen molar-refractivity contribution in [1.29, 1.82) is 0 Å². The second kappa shape index (κ2) is 11.7. The molecule has 1 amide bonds. The fourth-order valence-electron chi connectivity index (χ4n) is 3.00. The first kappa shape index (κ1) is 24.6. The molecule has 3 aromatic rings. The highest BCUT2D eigenvalue weighted by Gasteiger charge is 2.26. The van der Waals surface area contributed by atoms with Crippen molar-refractivity contribution in [3.63, 3.8) is 0 Å². The van der Waals surface area contributed by atoms with Crippen LogP contribution in [0.4, 0.5) is 0 Å². The monoisotopic (exact) mass is 529 g/mol. The van der Waals surface area contributed by atoms with Gasteiger partial charge >= 0.3 is 0 Å². The lowest BCUT2D eigenvalue weighted by Crippen LogP contribution is -2.39. The SMILES string of the molecule is CCOc1ccccc1/C=N\NC(=O)CN(Cc1ccc(Br)cc1)S(=O)(=O)c1ccccc1. The third-order valence-electron chi connectivity index (χ3n) is 4.58. The summed E-state index contributed by atoms with van der Waals surface area (Å²) in [5.74, 6) is 0.0817. The molecule has 7 nitrogen and oxygen atoms in total. The lowest BCUT2D eigenvalue weighted by atomic mass is 10.2. The van der Waals surface area contributed by atoms with E-state index in [2.05, 4.69) is 26.5 Å². The Hall–Kier alpha value is -3.01. The number of hydrogen-bond acceptors (Lipinski definition) is 5. The van der Waals surface area contributed by atoms with Crippen LogP contribution < -0.4 is 10.2 Å². The number of sulfonamides is 1. The molecule has 0 aromatic heterocycles. The number of amides is 1. The topological polar surface area (TPSA) is 88.1 Å². The average Bonchev–Trinajstić information content (AvgIpc) is 2.82. The number of rotatable bonds is 10. The van der Waals surface area contributed by atoms with Gasteiger partial charge in [0, 0.05) is 16.6 Å². The molecule has 0 saturated carbocycles. The van der Waals surface area contributed by atoms with E-state index in [9.17, 15) is 13.2 Å². The molecule has 0 spiro atoms. The Balaban J connectivity index is 1.76. The molecule has 0 bridgehead atoms. The second-order valence-corrected chi connectivity index (χ2v) is 9.83. The van der Waals surface area contributed by atoms with E-state index in [1.165, 1.54) is 18.3 Å². The smallest absolute Gasteiger partial charge is 0.255 e. The van der Waals surface area contributed by atoms with Crippen molar-refractivity contribution in [2.45, 2.75) is 18.4 Å². The molecule has 3 rings (SSSR count). The van der Waals surface area contributed by atoms with Crippen LogP contribution in [-0.4, -0.2) is 38.0 Å². The van der Waals surface area contributed by atoms with Gasteiger partial charge in [-0.2, -0.15) is 9.41 Å².